The summed E-state index contributed by atoms with van der Waals surface area (Å²) < 4.78 is 2.24. The summed E-state index contributed by atoms with van der Waals surface area (Å²) in [7, 11) is 0. The molecule has 1 heterocycles. The van der Waals surface area contributed by atoms with Crippen molar-refractivity contribution in [3.8, 4) is 11.1 Å². The summed E-state index contributed by atoms with van der Waals surface area (Å²) in [5.41, 5.74) is 2.34. The van der Waals surface area contributed by atoms with Gasteiger partial charge in [0.05, 0.1) is 0 Å². The van der Waals surface area contributed by atoms with Gasteiger partial charge in [0.25, 0.3) is 0 Å². The fourth-order valence-electron chi connectivity index (χ4n) is 1.24. The molecule has 0 unspecified atom stereocenters. The average Bonchev–Trinajstić information content (AvgIpc) is 2.18. The van der Waals surface area contributed by atoms with Gasteiger partial charge in [-0.3, -0.25) is 4.98 Å². The molecular weight excluding hydrogens is 353 g/mol. The van der Waals surface area contributed by atoms with Crippen molar-refractivity contribution < 1.29 is 0 Å². The third-order valence-corrected chi connectivity index (χ3v) is 2.95. The van der Waals surface area contributed by atoms with Crippen LogP contribution in [-0.4, -0.2) is 4.98 Å². The molecule has 0 aliphatic rings. The van der Waals surface area contributed by atoms with Crippen LogP contribution < -0.4 is 0 Å². The lowest BCUT2D eigenvalue weighted by atomic mass is 10.1. The molecule has 0 atom stereocenters. The third-order valence-electron chi connectivity index (χ3n) is 1.86. The summed E-state index contributed by atoms with van der Waals surface area (Å²) in [4.78, 5) is 4.17. The van der Waals surface area contributed by atoms with Crippen molar-refractivity contribution in [1.29, 1.82) is 0 Å². The summed E-state index contributed by atoms with van der Waals surface area (Å²) >= 11 is 5.72. The zero-order valence-electron chi connectivity index (χ0n) is 7.24. The van der Waals surface area contributed by atoms with Crippen LogP contribution in [0.25, 0.3) is 11.1 Å². The number of aromatic nitrogens is 1. The van der Waals surface area contributed by atoms with E-state index in [-0.39, 0.29) is 0 Å². The number of halogens is 2. The molecule has 1 aromatic heterocycles. The Morgan fingerprint density at radius 3 is 2.64 bits per heavy atom. The van der Waals surface area contributed by atoms with Crippen molar-refractivity contribution in [2.24, 2.45) is 0 Å². The van der Waals surface area contributed by atoms with Crippen molar-refractivity contribution in [2.45, 2.75) is 0 Å². The molecule has 1 aromatic carbocycles. The standard InChI is InChI=1S/C11H7BrIN/c12-10-3-1-2-8(4-10)9-5-11(13)7-14-6-9/h1-7H. The number of benzene rings is 1. The Hall–Kier alpha value is -0.420. The fraction of sp³-hybridized carbons (Fsp3) is 0. The molecular formula is C11H7BrIN. The molecule has 0 spiro atoms. The maximum atomic E-state index is 4.17. The lowest BCUT2D eigenvalue weighted by molar-refractivity contribution is 1.31. The van der Waals surface area contributed by atoms with Crippen LogP contribution in [0, 0.1) is 3.57 Å². The Morgan fingerprint density at radius 2 is 1.93 bits per heavy atom. The SMILES string of the molecule is Brc1cccc(-c2cncc(I)c2)c1. The van der Waals surface area contributed by atoms with Gasteiger partial charge in [-0.2, -0.15) is 0 Å². The minimum absolute atomic E-state index is 1.09. The van der Waals surface area contributed by atoms with Crippen LogP contribution >= 0.6 is 38.5 Å². The molecule has 3 heteroatoms. The van der Waals surface area contributed by atoms with Crippen LogP contribution in [0.4, 0.5) is 0 Å². The minimum Gasteiger partial charge on any atom is -0.263 e. The van der Waals surface area contributed by atoms with E-state index in [2.05, 4.69) is 61.7 Å². The van der Waals surface area contributed by atoms with Crippen molar-refractivity contribution in [3.63, 3.8) is 0 Å². The van der Waals surface area contributed by atoms with Gasteiger partial charge in [0.1, 0.15) is 0 Å². The van der Waals surface area contributed by atoms with Crippen LogP contribution in [0.3, 0.4) is 0 Å². The highest BCUT2D eigenvalue weighted by molar-refractivity contribution is 14.1. The second kappa shape index (κ2) is 4.40. The Balaban J connectivity index is 2.49. The molecule has 1 nitrogen and oxygen atoms in total. The van der Waals surface area contributed by atoms with E-state index >= 15 is 0 Å². The van der Waals surface area contributed by atoms with Crippen molar-refractivity contribution in [1.82, 2.24) is 4.98 Å². The Labute approximate surface area is 105 Å². The van der Waals surface area contributed by atoms with E-state index in [0.717, 1.165) is 13.6 Å². The first kappa shape index (κ1) is 10.1. The topological polar surface area (TPSA) is 12.9 Å². The van der Waals surface area contributed by atoms with Crippen LogP contribution in [0.2, 0.25) is 0 Å². The van der Waals surface area contributed by atoms with Crippen LogP contribution in [0.1, 0.15) is 0 Å². The van der Waals surface area contributed by atoms with E-state index in [1.54, 1.807) is 0 Å². The van der Waals surface area contributed by atoms with Gasteiger partial charge in [-0.05, 0) is 46.4 Å². The lowest BCUT2D eigenvalue weighted by Gasteiger charge is -2.01. The second-order valence-corrected chi connectivity index (χ2v) is 5.06. The highest BCUT2D eigenvalue weighted by atomic mass is 127. The molecule has 0 aliphatic heterocycles. The molecule has 0 saturated heterocycles. The first-order valence-corrected chi connectivity index (χ1v) is 5.99. The van der Waals surface area contributed by atoms with E-state index in [1.165, 1.54) is 5.56 Å². The maximum Gasteiger partial charge on any atom is 0.0401 e. The molecule has 0 saturated carbocycles. The molecule has 70 valence electrons. The molecule has 0 aliphatic carbocycles. The highest BCUT2D eigenvalue weighted by Gasteiger charge is 1.98. The monoisotopic (exact) mass is 359 g/mol. The van der Waals surface area contributed by atoms with Crippen molar-refractivity contribution in [2.75, 3.05) is 0 Å². The summed E-state index contributed by atoms with van der Waals surface area (Å²) in [5.74, 6) is 0. The number of hydrogen-bond acceptors (Lipinski definition) is 1. The van der Waals surface area contributed by atoms with Gasteiger partial charge < -0.3 is 0 Å². The molecule has 0 N–H and O–H groups in total. The van der Waals surface area contributed by atoms with Gasteiger partial charge in [-0.25, -0.2) is 0 Å². The van der Waals surface area contributed by atoms with E-state index < -0.39 is 0 Å². The van der Waals surface area contributed by atoms with Gasteiger partial charge in [-0.1, -0.05) is 28.1 Å². The van der Waals surface area contributed by atoms with Gasteiger partial charge >= 0.3 is 0 Å². The summed E-state index contributed by atoms with van der Waals surface area (Å²) in [6.07, 6.45) is 3.73. The normalized spacial score (nSPS) is 10.1. The second-order valence-electron chi connectivity index (χ2n) is 2.90. The predicted molar refractivity (Wildman–Crippen MR) is 70.1 cm³/mol. The Bertz CT molecular complexity index is 413. The van der Waals surface area contributed by atoms with E-state index in [4.69, 9.17) is 0 Å². The molecule has 0 amide bonds. The lowest BCUT2D eigenvalue weighted by Crippen LogP contribution is -1.81. The van der Waals surface area contributed by atoms with Crippen molar-refractivity contribution in [3.05, 3.63) is 50.8 Å². The Morgan fingerprint density at radius 1 is 1.07 bits per heavy atom. The third kappa shape index (κ3) is 2.33. The smallest absolute Gasteiger partial charge is 0.0401 e. The van der Waals surface area contributed by atoms with E-state index in [0.29, 0.717) is 0 Å². The molecule has 0 radical (unpaired) electrons. The first-order valence-electron chi connectivity index (χ1n) is 4.12. The zero-order valence-corrected chi connectivity index (χ0v) is 11.0. The van der Waals surface area contributed by atoms with Crippen LogP contribution in [0.5, 0.6) is 0 Å². The number of rotatable bonds is 1. The highest BCUT2D eigenvalue weighted by Crippen LogP contribution is 2.23. The number of pyridine rings is 1. The average molecular weight is 360 g/mol. The molecule has 2 rings (SSSR count). The van der Waals surface area contributed by atoms with Crippen molar-refractivity contribution >= 4 is 38.5 Å². The summed E-state index contributed by atoms with van der Waals surface area (Å²) in [6.45, 7) is 0. The van der Waals surface area contributed by atoms with Gasteiger partial charge in [0.15, 0.2) is 0 Å². The summed E-state index contributed by atoms with van der Waals surface area (Å²) in [5, 5.41) is 0. The molecule has 14 heavy (non-hydrogen) atoms. The summed E-state index contributed by atoms with van der Waals surface area (Å²) in [6, 6.07) is 10.3. The Kier molecular flexibility index (Phi) is 3.18. The first-order chi connectivity index (χ1) is 6.75. The van der Waals surface area contributed by atoms with E-state index in [9.17, 15) is 0 Å². The predicted octanol–water partition coefficient (Wildman–Crippen LogP) is 4.12. The number of hydrogen-bond donors (Lipinski definition) is 0. The number of nitrogens with zero attached hydrogens (tertiary/aromatic N) is 1. The van der Waals surface area contributed by atoms with Gasteiger partial charge in [-0.15, -0.1) is 0 Å². The largest absolute Gasteiger partial charge is 0.263 e. The van der Waals surface area contributed by atoms with Crippen LogP contribution in [-0.2, 0) is 0 Å². The zero-order chi connectivity index (χ0) is 9.97. The van der Waals surface area contributed by atoms with Crippen LogP contribution in [0.15, 0.2) is 47.2 Å². The molecule has 2 aromatic rings. The minimum atomic E-state index is 1.09. The van der Waals surface area contributed by atoms with Gasteiger partial charge in [0.2, 0.25) is 0 Å². The van der Waals surface area contributed by atoms with Gasteiger partial charge in [0, 0.05) is 26.0 Å². The van der Waals surface area contributed by atoms with E-state index in [1.807, 2.05) is 24.5 Å². The quantitative estimate of drug-likeness (QED) is 0.698. The molecule has 0 fully saturated rings. The fourth-order valence-corrected chi connectivity index (χ4v) is 2.13. The molecule has 0 bridgehead atoms. The maximum absolute atomic E-state index is 4.17.